The summed E-state index contributed by atoms with van der Waals surface area (Å²) in [5.74, 6) is -2.83. The van der Waals surface area contributed by atoms with Crippen LogP contribution in [0.2, 0.25) is 0 Å². The average Bonchev–Trinajstić information content (AvgIpc) is 2.65. The summed E-state index contributed by atoms with van der Waals surface area (Å²) in [7, 11) is 0. The normalized spacial score (nSPS) is 19.7. The van der Waals surface area contributed by atoms with Crippen LogP contribution >= 0.6 is 0 Å². The largest absolute Gasteiger partial charge is 0.434 e. The van der Waals surface area contributed by atoms with E-state index in [1.807, 2.05) is 0 Å². The lowest BCUT2D eigenvalue weighted by Gasteiger charge is -2.40. The van der Waals surface area contributed by atoms with Crippen LogP contribution in [0, 0.1) is 0 Å². The SMILES string of the molecule is Nc1ccc(-c2cc(N3CC(F)(F)C3)nc(N3CCC(N)CC3)n2)c(C(F)(F)F)n1. The minimum absolute atomic E-state index is 0.0242. The predicted molar refractivity (Wildman–Crippen MR) is 101 cm³/mol. The summed E-state index contributed by atoms with van der Waals surface area (Å²) >= 11 is 0. The Hall–Kier alpha value is -2.76. The lowest BCUT2D eigenvalue weighted by molar-refractivity contribution is -0.140. The van der Waals surface area contributed by atoms with E-state index in [0.717, 1.165) is 0 Å². The first kappa shape index (κ1) is 20.5. The van der Waals surface area contributed by atoms with Crippen molar-refractivity contribution >= 4 is 17.6 Å². The van der Waals surface area contributed by atoms with Gasteiger partial charge in [-0.3, -0.25) is 0 Å². The van der Waals surface area contributed by atoms with Crippen molar-refractivity contribution in [3.63, 3.8) is 0 Å². The van der Waals surface area contributed by atoms with E-state index in [1.165, 1.54) is 23.1 Å². The van der Waals surface area contributed by atoms with Crippen LogP contribution < -0.4 is 21.3 Å². The Bertz CT molecular complexity index is 933. The minimum Gasteiger partial charge on any atom is -0.384 e. The number of anilines is 3. The number of nitrogens with zero attached hydrogens (tertiary/aromatic N) is 5. The van der Waals surface area contributed by atoms with E-state index in [2.05, 4.69) is 15.0 Å². The molecule has 2 fully saturated rings. The second-order valence-electron chi connectivity index (χ2n) is 7.58. The van der Waals surface area contributed by atoms with Crippen molar-refractivity contribution in [2.75, 3.05) is 41.7 Å². The smallest absolute Gasteiger partial charge is 0.384 e. The highest BCUT2D eigenvalue weighted by Crippen LogP contribution is 2.38. The van der Waals surface area contributed by atoms with Gasteiger partial charge in [0.05, 0.1) is 18.8 Å². The number of alkyl halides is 5. The molecule has 2 aliphatic heterocycles. The lowest BCUT2D eigenvalue weighted by atomic mass is 10.1. The number of hydrogen-bond donors (Lipinski definition) is 2. The van der Waals surface area contributed by atoms with Gasteiger partial charge in [0.1, 0.15) is 11.6 Å². The molecule has 0 saturated carbocycles. The number of nitrogens with two attached hydrogens (primary N) is 2. The van der Waals surface area contributed by atoms with Gasteiger partial charge in [0.15, 0.2) is 5.69 Å². The highest BCUT2D eigenvalue weighted by Gasteiger charge is 2.45. The van der Waals surface area contributed by atoms with E-state index in [1.54, 1.807) is 4.90 Å². The van der Waals surface area contributed by atoms with E-state index in [-0.39, 0.29) is 34.9 Å². The van der Waals surface area contributed by atoms with Crippen LogP contribution in [0.5, 0.6) is 0 Å². The molecule has 0 radical (unpaired) electrons. The number of nitrogen functional groups attached to an aromatic ring is 1. The summed E-state index contributed by atoms with van der Waals surface area (Å²) in [6.45, 7) is -0.0710. The van der Waals surface area contributed by atoms with E-state index in [9.17, 15) is 22.0 Å². The maximum atomic E-state index is 13.6. The van der Waals surface area contributed by atoms with E-state index >= 15 is 0 Å². The van der Waals surface area contributed by atoms with E-state index < -0.39 is 30.9 Å². The molecule has 0 aliphatic carbocycles. The molecule has 4 N–H and O–H groups in total. The highest BCUT2D eigenvalue weighted by molar-refractivity contribution is 5.69. The third-order valence-electron chi connectivity index (χ3n) is 5.15. The number of pyridine rings is 1. The number of aromatic nitrogens is 3. The van der Waals surface area contributed by atoms with Crippen LogP contribution in [-0.4, -0.2) is 53.1 Å². The van der Waals surface area contributed by atoms with Crippen molar-refractivity contribution in [2.24, 2.45) is 5.73 Å². The Kier molecular flexibility index (Phi) is 4.91. The Balaban J connectivity index is 1.79. The Morgan fingerprint density at radius 2 is 1.67 bits per heavy atom. The molecule has 4 heterocycles. The van der Waals surface area contributed by atoms with Gasteiger partial charge in [-0.15, -0.1) is 0 Å². The number of rotatable bonds is 3. The van der Waals surface area contributed by atoms with Crippen LogP contribution in [0.25, 0.3) is 11.3 Å². The molecule has 12 heteroatoms. The van der Waals surface area contributed by atoms with Crippen molar-refractivity contribution < 1.29 is 22.0 Å². The zero-order valence-corrected chi connectivity index (χ0v) is 15.8. The van der Waals surface area contributed by atoms with Gasteiger partial charge in [-0.2, -0.15) is 18.2 Å². The first-order valence-electron chi connectivity index (χ1n) is 9.38. The number of hydrogen-bond acceptors (Lipinski definition) is 7. The molecular formula is C18H20F5N7. The Morgan fingerprint density at radius 3 is 2.27 bits per heavy atom. The maximum Gasteiger partial charge on any atom is 0.434 e. The molecule has 30 heavy (non-hydrogen) atoms. The fraction of sp³-hybridized carbons (Fsp3) is 0.500. The van der Waals surface area contributed by atoms with Gasteiger partial charge >= 0.3 is 6.18 Å². The number of halogens is 5. The monoisotopic (exact) mass is 429 g/mol. The average molecular weight is 429 g/mol. The maximum absolute atomic E-state index is 13.6. The fourth-order valence-corrected chi connectivity index (χ4v) is 3.53. The molecule has 7 nitrogen and oxygen atoms in total. The van der Waals surface area contributed by atoms with Gasteiger partial charge in [0.25, 0.3) is 5.92 Å². The van der Waals surface area contributed by atoms with E-state index in [4.69, 9.17) is 11.5 Å². The summed E-state index contributed by atoms with van der Waals surface area (Å²) in [4.78, 5) is 15.2. The standard InChI is InChI=1S/C18H20F5N7/c19-17(20)8-30(9-17)14-7-12(11-1-2-13(25)27-15(11)18(21,22)23)26-16(28-14)29-5-3-10(24)4-6-29/h1-2,7,10H,3-6,8-9,24H2,(H2,25,27). The third-order valence-corrected chi connectivity index (χ3v) is 5.15. The van der Waals surface area contributed by atoms with Gasteiger partial charge < -0.3 is 21.3 Å². The van der Waals surface area contributed by atoms with Crippen molar-refractivity contribution in [1.29, 1.82) is 0 Å². The van der Waals surface area contributed by atoms with Crippen LogP contribution in [0.4, 0.5) is 39.5 Å². The molecule has 0 bridgehead atoms. The Labute approximate surface area is 168 Å². The molecule has 0 aromatic carbocycles. The van der Waals surface area contributed by atoms with Gasteiger partial charge in [-0.25, -0.2) is 18.7 Å². The van der Waals surface area contributed by atoms with Crippen molar-refractivity contribution in [2.45, 2.75) is 31.0 Å². The first-order valence-corrected chi connectivity index (χ1v) is 9.38. The zero-order valence-electron chi connectivity index (χ0n) is 15.8. The molecule has 2 aromatic heterocycles. The molecule has 0 unspecified atom stereocenters. The first-order chi connectivity index (χ1) is 14.0. The highest BCUT2D eigenvalue weighted by atomic mass is 19.4. The van der Waals surface area contributed by atoms with Crippen molar-refractivity contribution in [1.82, 2.24) is 15.0 Å². The molecule has 0 spiro atoms. The topological polar surface area (TPSA) is 97.2 Å². The summed E-state index contributed by atoms with van der Waals surface area (Å²) in [5, 5.41) is 0. The number of piperidine rings is 1. The minimum atomic E-state index is -4.77. The van der Waals surface area contributed by atoms with Crippen LogP contribution in [-0.2, 0) is 6.18 Å². The fourth-order valence-electron chi connectivity index (χ4n) is 3.53. The van der Waals surface area contributed by atoms with Crippen LogP contribution in [0.1, 0.15) is 18.5 Å². The molecule has 2 saturated heterocycles. The summed E-state index contributed by atoms with van der Waals surface area (Å²) in [6, 6.07) is 3.72. The van der Waals surface area contributed by atoms with Gasteiger partial charge in [0.2, 0.25) is 5.95 Å². The lowest BCUT2D eigenvalue weighted by Crippen LogP contribution is -2.56. The zero-order chi connectivity index (χ0) is 21.7. The quantitative estimate of drug-likeness (QED) is 0.724. The van der Waals surface area contributed by atoms with Gasteiger partial charge in [0, 0.05) is 30.8 Å². The summed E-state index contributed by atoms with van der Waals surface area (Å²) in [6.07, 6.45) is -3.43. The molecule has 2 aliphatic rings. The molecule has 0 atom stereocenters. The van der Waals surface area contributed by atoms with Crippen molar-refractivity contribution in [3.8, 4) is 11.3 Å². The summed E-state index contributed by atoms with van der Waals surface area (Å²) < 4.78 is 67.4. The Morgan fingerprint density at radius 1 is 1.00 bits per heavy atom. The second kappa shape index (κ2) is 7.18. The van der Waals surface area contributed by atoms with Crippen LogP contribution in [0.3, 0.4) is 0 Å². The summed E-state index contributed by atoms with van der Waals surface area (Å²) in [5.41, 5.74) is 9.83. The van der Waals surface area contributed by atoms with Gasteiger partial charge in [-0.05, 0) is 25.0 Å². The second-order valence-corrected chi connectivity index (χ2v) is 7.58. The van der Waals surface area contributed by atoms with Crippen LogP contribution in [0.15, 0.2) is 18.2 Å². The van der Waals surface area contributed by atoms with E-state index in [0.29, 0.717) is 25.9 Å². The molecular weight excluding hydrogens is 409 g/mol. The van der Waals surface area contributed by atoms with Gasteiger partial charge in [-0.1, -0.05) is 0 Å². The van der Waals surface area contributed by atoms with Crippen molar-refractivity contribution in [3.05, 3.63) is 23.9 Å². The third kappa shape index (κ3) is 4.09. The molecule has 4 rings (SSSR count). The molecule has 2 aromatic rings. The molecule has 0 amide bonds. The predicted octanol–water partition coefficient (Wildman–Crippen LogP) is 2.52. The molecule has 162 valence electrons.